The van der Waals surface area contributed by atoms with E-state index in [0.29, 0.717) is 11.4 Å². The van der Waals surface area contributed by atoms with Crippen LogP contribution >= 0.6 is 22.6 Å². The Morgan fingerprint density at radius 3 is 2.41 bits per heavy atom. The first kappa shape index (κ1) is 14.9. The van der Waals surface area contributed by atoms with Crippen LogP contribution in [0.2, 0.25) is 0 Å². The normalized spacial score (nSPS) is 12.0. The summed E-state index contributed by atoms with van der Waals surface area (Å²) in [5.74, 6) is 0. The minimum absolute atomic E-state index is 0.352. The lowest BCUT2D eigenvalue weighted by Crippen LogP contribution is -2.29. The zero-order valence-corrected chi connectivity index (χ0v) is 13.0. The number of sulfonamides is 1. The van der Waals surface area contributed by atoms with Crippen molar-refractivity contribution < 1.29 is 8.42 Å². The van der Waals surface area contributed by atoms with Gasteiger partial charge in [-0.05, 0) is 66.9 Å². The summed E-state index contributed by atoms with van der Waals surface area (Å²) < 4.78 is 26.7. The van der Waals surface area contributed by atoms with E-state index in [-0.39, 0.29) is 0 Å². The van der Waals surface area contributed by atoms with Gasteiger partial charge in [0, 0.05) is 17.2 Å². The molecule has 96 valence electrons. The van der Waals surface area contributed by atoms with Crippen molar-refractivity contribution in [3.63, 3.8) is 0 Å². The van der Waals surface area contributed by atoms with Gasteiger partial charge in [-0.3, -0.25) is 0 Å². The van der Waals surface area contributed by atoms with Gasteiger partial charge < -0.3 is 5.32 Å². The van der Waals surface area contributed by atoms with Gasteiger partial charge in [0.25, 0.3) is 0 Å². The number of halogens is 1. The number of rotatable bonds is 6. The third-order valence-electron chi connectivity index (χ3n) is 2.42. The standard InChI is InChI=1S/C11H17IN2O2S/c1-13-8-3-9-14(2)17(15,16)11-6-4-10(12)5-7-11/h4-7,13H,3,8-9H2,1-2H3. The first-order valence-electron chi connectivity index (χ1n) is 5.35. The first-order chi connectivity index (χ1) is 7.98. The number of benzene rings is 1. The molecule has 1 aromatic rings. The molecule has 0 unspecified atom stereocenters. The van der Waals surface area contributed by atoms with Crippen molar-refractivity contribution in [2.24, 2.45) is 0 Å². The fourth-order valence-corrected chi connectivity index (χ4v) is 2.95. The van der Waals surface area contributed by atoms with Crippen LogP contribution in [0.25, 0.3) is 0 Å². The highest BCUT2D eigenvalue weighted by Gasteiger charge is 2.19. The van der Waals surface area contributed by atoms with Gasteiger partial charge in [0.05, 0.1) is 4.90 Å². The average molecular weight is 368 g/mol. The van der Waals surface area contributed by atoms with Crippen LogP contribution in [0, 0.1) is 3.57 Å². The van der Waals surface area contributed by atoms with E-state index in [1.54, 1.807) is 31.3 Å². The fourth-order valence-electron chi connectivity index (χ4n) is 1.39. The Morgan fingerprint density at radius 1 is 1.29 bits per heavy atom. The summed E-state index contributed by atoms with van der Waals surface area (Å²) >= 11 is 2.15. The third-order valence-corrected chi connectivity index (χ3v) is 5.01. The van der Waals surface area contributed by atoms with E-state index in [1.807, 2.05) is 7.05 Å². The van der Waals surface area contributed by atoms with E-state index < -0.39 is 10.0 Å². The maximum absolute atomic E-state index is 12.1. The lowest BCUT2D eigenvalue weighted by Gasteiger charge is -2.17. The van der Waals surface area contributed by atoms with E-state index in [9.17, 15) is 8.42 Å². The maximum Gasteiger partial charge on any atom is 0.242 e. The van der Waals surface area contributed by atoms with Crippen molar-refractivity contribution in [3.8, 4) is 0 Å². The van der Waals surface area contributed by atoms with Gasteiger partial charge in [-0.1, -0.05) is 0 Å². The molecule has 0 saturated carbocycles. The highest BCUT2D eigenvalue weighted by atomic mass is 127. The Morgan fingerprint density at radius 2 is 1.88 bits per heavy atom. The summed E-state index contributed by atoms with van der Waals surface area (Å²) in [6.45, 7) is 1.34. The molecule has 0 spiro atoms. The molecule has 1 N–H and O–H groups in total. The molecule has 1 rings (SSSR count). The smallest absolute Gasteiger partial charge is 0.242 e. The molecule has 0 fully saturated rings. The van der Waals surface area contributed by atoms with Gasteiger partial charge in [-0.15, -0.1) is 0 Å². The fraction of sp³-hybridized carbons (Fsp3) is 0.455. The van der Waals surface area contributed by atoms with Crippen molar-refractivity contribution in [2.45, 2.75) is 11.3 Å². The molecule has 1 aromatic carbocycles. The minimum Gasteiger partial charge on any atom is -0.320 e. The molecule has 17 heavy (non-hydrogen) atoms. The molecule has 4 nitrogen and oxygen atoms in total. The molecule has 0 aliphatic rings. The van der Waals surface area contributed by atoms with Gasteiger partial charge in [0.15, 0.2) is 0 Å². The van der Waals surface area contributed by atoms with Crippen molar-refractivity contribution in [3.05, 3.63) is 27.8 Å². The molecule has 0 radical (unpaired) electrons. The molecular weight excluding hydrogens is 351 g/mol. The molecule has 0 aromatic heterocycles. The summed E-state index contributed by atoms with van der Waals surface area (Å²) in [6, 6.07) is 6.89. The van der Waals surface area contributed by atoms with Gasteiger partial charge >= 0.3 is 0 Å². The second kappa shape index (κ2) is 6.67. The van der Waals surface area contributed by atoms with Crippen molar-refractivity contribution in [1.82, 2.24) is 9.62 Å². The largest absolute Gasteiger partial charge is 0.320 e. The van der Waals surface area contributed by atoms with E-state index in [0.717, 1.165) is 16.5 Å². The van der Waals surface area contributed by atoms with Gasteiger partial charge in [-0.2, -0.15) is 0 Å². The molecule has 0 heterocycles. The minimum atomic E-state index is -3.33. The van der Waals surface area contributed by atoms with Gasteiger partial charge in [-0.25, -0.2) is 12.7 Å². The van der Waals surface area contributed by atoms with Crippen molar-refractivity contribution in [1.29, 1.82) is 0 Å². The molecule has 0 aliphatic carbocycles. The lowest BCUT2D eigenvalue weighted by atomic mass is 10.4. The predicted octanol–water partition coefficient (Wildman–Crippen LogP) is 1.52. The van der Waals surface area contributed by atoms with Crippen LogP contribution in [0.3, 0.4) is 0 Å². The van der Waals surface area contributed by atoms with Crippen molar-refractivity contribution >= 4 is 32.6 Å². The monoisotopic (exact) mass is 368 g/mol. The number of nitrogens with zero attached hydrogens (tertiary/aromatic N) is 1. The number of nitrogens with one attached hydrogen (secondary N) is 1. The Labute approximate surface area is 117 Å². The zero-order valence-electron chi connectivity index (χ0n) is 9.98. The summed E-state index contributed by atoms with van der Waals surface area (Å²) in [4.78, 5) is 0.352. The molecule has 0 aliphatic heterocycles. The van der Waals surface area contributed by atoms with Crippen LogP contribution in [0.5, 0.6) is 0 Å². The van der Waals surface area contributed by atoms with Crippen LogP contribution in [0.15, 0.2) is 29.2 Å². The van der Waals surface area contributed by atoms with E-state index in [4.69, 9.17) is 0 Å². The number of hydrogen-bond donors (Lipinski definition) is 1. The van der Waals surface area contributed by atoms with Gasteiger partial charge in [0.1, 0.15) is 0 Å². The van der Waals surface area contributed by atoms with E-state index in [2.05, 4.69) is 27.9 Å². The molecule has 0 atom stereocenters. The molecular formula is C11H17IN2O2S. The Hall–Kier alpha value is -0.180. The van der Waals surface area contributed by atoms with E-state index in [1.165, 1.54) is 4.31 Å². The van der Waals surface area contributed by atoms with Crippen molar-refractivity contribution in [2.75, 3.05) is 27.2 Å². The second-order valence-electron chi connectivity index (χ2n) is 3.74. The molecule has 0 saturated heterocycles. The van der Waals surface area contributed by atoms with Crippen LogP contribution in [-0.4, -0.2) is 39.9 Å². The third kappa shape index (κ3) is 4.20. The first-order valence-corrected chi connectivity index (χ1v) is 7.87. The Balaban J connectivity index is 2.76. The SMILES string of the molecule is CNCCCN(C)S(=O)(=O)c1ccc(I)cc1. The summed E-state index contributed by atoms with van der Waals surface area (Å²) in [6.07, 6.45) is 0.802. The van der Waals surface area contributed by atoms with Gasteiger partial charge in [0.2, 0.25) is 10.0 Å². The highest BCUT2D eigenvalue weighted by Crippen LogP contribution is 2.16. The highest BCUT2D eigenvalue weighted by molar-refractivity contribution is 14.1. The Bertz CT molecular complexity index is 445. The number of hydrogen-bond acceptors (Lipinski definition) is 3. The second-order valence-corrected chi connectivity index (χ2v) is 7.03. The van der Waals surface area contributed by atoms with Crippen LogP contribution in [-0.2, 0) is 10.0 Å². The summed E-state index contributed by atoms with van der Waals surface area (Å²) in [5.41, 5.74) is 0. The van der Waals surface area contributed by atoms with Crippen LogP contribution < -0.4 is 5.32 Å². The topological polar surface area (TPSA) is 49.4 Å². The molecule has 6 heteroatoms. The molecule has 0 amide bonds. The maximum atomic E-state index is 12.1. The average Bonchev–Trinajstić information content (AvgIpc) is 2.29. The predicted molar refractivity (Wildman–Crippen MR) is 77.5 cm³/mol. The Kier molecular flexibility index (Phi) is 5.84. The lowest BCUT2D eigenvalue weighted by molar-refractivity contribution is 0.458. The molecule has 0 bridgehead atoms. The van der Waals surface area contributed by atoms with E-state index >= 15 is 0 Å². The quantitative estimate of drug-likeness (QED) is 0.612. The van der Waals surface area contributed by atoms with Crippen LogP contribution in [0.1, 0.15) is 6.42 Å². The summed E-state index contributed by atoms with van der Waals surface area (Å²) in [7, 11) is 0.135. The van der Waals surface area contributed by atoms with Crippen LogP contribution in [0.4, 0.5) is 0 Å². The zero-order chi connectivity index (χ0) is 12.9. The summed E-state index contributed by atoms with van der Waals surface area (Å²) in [5, 5.41) is 3.00.